The third-order valence-electron chi connectivity index (χ3n) is 2.14. The summed E-state index contributed by atoms with van der Waals surface area (Å²) in [7, 11) is 0. The monoisotopic (exact) mass is 232 g/mol. The number of benzene rings is 1. The van der Waals surface area contributed by atoms with Crippen LogP contribution in [0.15, 0.2) is 30.3 Å². The van der Waals surface area contributed by atoms with E-state index in [4.69, 9.17) is 0 Å². The Hall–Kier alpha value is -1.19. The van der Waals surface area contributed by atoms with E-state index in [2.05, 4.69) is 0 Å². The molecule has 1 aromatic rings. The molecule has 0 bridgehead atoms. The summed E-state index contributed by atoms with van der Waals surface area (Å²) < 4.78 is 0. The van der Waals surface area contributed by atoms with Crippen molar-refractivity contribution in [2.24, 2.45) is 0 Å². The second-order valence-electron chi connectivity index (χ2n) is 2.85. The maximum atomic E-state index is 10.7. The van der Waals surface area contributed by atoms with Crippen molar-refractivity contribution >= 4 is 16.5 Å². The van der Waals surface area contributed by atoms with Crippen LogP contribution in [-0.4, -0.2) is 10.4 Å². The molecule has 1 aliphatic rings. The predicted octanol–water partition coefficient (Wildman–Crippen LogP) is 1.75. The van der Waals surface area contributed by atoms with Gasteiger partial charge in [0.15, 0.2) is 0 Å². The molecule has 0 N–H and O–H groups in total. The molecule has 14 heavy (non-hydrogen) atoms. The standard InChI is InChI=1S/C9H7.2CHO.Co/c1-2-5-9-7-3-6-8(9)4-1;2*1-2;/h1-7H;2*1H;. The van der Waals surface area contributed by atoms with Gasteiger partial charge in [0.05, 0.1) is 0 Å². The van der Waals surface area contributed by atoms with Crippen molar-refractivity contribution in [1.82, 2.24) is 0 Å². The van der Waals surface area contributed by atoms with E-state index in [1.807, 2.05) is 36.4 Å². The Balaban J connectivity index is 2.38. The van der Waals surface area contributed by atoms with Crippen LogP contribution in [0.5, 0.6) is 0 Å². The van der Waals surface area contributed by atoms with Crippen LogP contribution in [-0.2, 0) is 23.2 Å². The van der Waals surface area contributed by atoms with E-state index in [0.717, 1.165) is 21.6 Å². The first-order chi connectivity index (χ1) is 6.86. The van der Waals surface area contributed by atoms with Crippen molar-refractivity contribution in [3.63, 3.8) is 0 Å². The molecule has 0 amide bonds. The van der Waals surface area contributed by atoms with Gasteiger partial charge in [0.2, 0.25) is 0 Å². The van der Waals surface area contributed by atoms with Gasteiger partial charge in [0.25, 0.3) is 0 Å². The summed E-state index contributed by atoms with van der Waals surface area (Å²) in [6, 6.07) is 7.85. The molecule has 1 aromatic carbocycles. The Morgan fingerprint density at radius 2 is 1.86 bits per heavy atom. The fourth-order valence-corrected chi connectivity index (χ4v) is 2.84. The third-order valence-corrected chi connectivity index (χ3v) is 3.97. The number of rotatable bonds is 3. The van der Waals surface area contributed by atoms with Crippen LogP contribution in [0.2, 0.25) is 0 Å². The Kier molecular flexibility index (Phi) is 2.61. The van der Waals surface area contributed by atoms with Gasteiger partial charge in [-0.3, -0.25) is 0 Å². The molecule has 1 aliphatic carbocycles. The van der Waals surface area contributed by atoms with Crippen LogP contribution in [0, 0.1) is 0 Å². The molecule has 74 valence electrons. The van der Waals surface area contributed by atoms with E-state index in [-0.39, 0.29) is 4.85 Å². The fourth-order valence-electron chi connectivity index (χ4n) is 1.50. The number of hydrogen-bond acceptors (Lipinski definition) is 2. The second-order valence-corrected chi connectivity index (χ2v) is 5.03. The molecule has 0 heterocycles. The predicted molar refractivity (Wildman–Crippen MR) is 51.7 cm³/mol. The summed E-state index contributed by atoms with van der Waals surface area (Å²) in [6.45, 7) is 0. The van der Waals surface area contributed by atoms with E-state index < -0.39 is 13.7 Å². The van der Waals surface area contributed by atoms with Crippen molar-refractivity contribution in [3.05, 3.63) is 41.5 Å². The number of carbonyl (C=O) groups excluding carboxylic acids is 2. The van der Waals surface area contributed by atoms with E-state index in [1.54, 1.807) is 0 Å². The van der Waals surface area contributed by atoms with Gasteiger partial charge in [0.1, 0.15) is 0 Å². The molecule has 2 nitrogen and oxygen atoms in total. The van der Waals surface area contributed by atoms with Gasteiger partial charge in [-0.2, -0.15) is 0 Å². The molecule has 0 saturated heterocycles. The molecule has 2 rings (SSSR count). The maximum absolute atomic E-state index is 10.7. The molecule has 0 fully saturated rings. The minimum absolute atomic E-state index is 0.00583. The quantitative estimate of drug-likeness (QED) is 0.744. The second kappa shape index (κ2) is 3.90. The van der Waals surface area contributed by atoms with Crippen LogP contribution >= 0.6 is 0 Å². The van der Waals surface area contributed by atoms with Crippen molar-refractivity contribution in [2.45, 2.75) is 4.85 Å². The van der Waals surface area contributed by atoms with Crippen LogP contribution in [0.1, 0.15) is 16.0 Å². The third kappa shape index (κ3) is 1.45. The van der Waals surface area contributed by atoms with Gasteiger partial charge in [-0.1, -0.05) is 0 Å². The van der Waals surface area contributed by atoms with Crippen LogP contribution < -0.4 is 0 Å². The van der Waals surface area contributed by atoms with E-state index in [0.29, 0.717) is 0 Å². The van der Waals surface area contributed by atoms with Crippen molar-refractivity contribution < 1.29 is 23.2 Å². The average Bonchev–Trinajstić information content (AvgIpc) is 2.65. The zero-order valence-electron chi connectivity index (χ0n) is 7.35. The van der Waals surface area contributed by atoms with E-state index in [9.17, 15) is 9.59 Å². The fraction of sp³-hybridized carbons (Fsp3) is 0.0909. The van der Waals surface area contributed by atoms with Gasteiger partial charge in [-0.15, -0.1) is 0 Å². The van der Waals surface area contributed by atoms with E-state index in [1.165, 1.54) is 0 Å². The van der Waals surface area contributed by atoms with E-state index >= 15 is 0 Å². The first-order valence-corrected chi connectivity index (χ1v) is 5.92. The van der Waals surface area contributed by atoms with Crippen molar-refractivity contribution in [3.8, 4) is 0 Å². The zero-order valence-corrected chi connectivity index (χ0v) is 8.39. The van der Waals surface area contributed by atoms with Crippen LogP contribution in [0.3, 0.4) is 0 Å². The number of carbonyl (C=O) groups is 2. The van der Waals surface area contributed by atoms with Gasteiger partial charge < -0.3 is 0 Å². The first kappa shape index (κ1) is 9.36. The summed E-state index contributed by atoms with van der Waals surface area (Å²) >= 11 is -1.17. The summed E-state index contributed by atoms with van der Waals surface area (Å²) in [6.07, 6.45) is 3.92. The van der Waals surface area contributed by atoms with Crippen LogP contribution in [0.25, 0.3) is 6.08 Å². The minimum atomic E-state index is -1.17. The summed E-state index contributed by atoms with van der Waals surface area (Å²) in [5.74, 6) is 0. The average molecular weight is 232 g/mol. The molecular formula is C11H9CoO2. The summed E-state index contributed by atoms with van der Waals surface area (Å²) in [4.78, 5) is 21.4. The van der Waals surface area contributed by atoms with Gasteiger partial charge in [0, 0.05) is 0 Å². The molecule has 0 spiro atoms. The first-order valence-electron chi connectivity index (χ1n) is 4.12. The normalized spacial score (nSPS) is 18.9. The summed E-state index contributed by atoms with van der Waals surface area (Å²) in [5.41, 5.74) is 2.21. The Morgan fingerprint density at radius 1 is 1.14 bits per heavy atom. The van der Waals surface area contributed by atoms with Crippen LogP contribution in [0.4, 0.5) is 0 Å². The number of fused-ring (bicyclic) bond motifs is 1. The molecule has 0 saturated carbocycles. The Labute approximate surface area is 86.4 Å². The zero-order chi connectivity index (χ0) is 9.97. The number of hydrogen-bond donors (Lipinski definition) is 0. The van der Waals surface area contributed by atoms with Crippen molar-refractivity contribution in [1.29, 1.82) is 0 Å². The van der Waals surface area contributed by atoms with Gasteiger partial charge in [-0.25, -0.2) is 0 Å². The van der Waals surface area contributed by atoms with Gasteiger partial charge >= 0.3 is 86.1 Å². The molecule has 1 unspecified atom stereocenters. The molecule has 1 atom stereocenters. The SMILES string of the molecule is O=[CH][Co]([CH]=O)[CH]1C=Cc2ccccc21. The Bertz CT molecular complexity index is 390. The topological polar surface area (TPSA) is 34.1 Å². The Morgan fingerprint density at radius 3 is 2.57 bits per heavy atom. The number of allylic oxidation sites excluding steroid dienone is 1. The molecule has 0 aromatic heterocycles. The summed E-state index contributed by atoms with van der Waals surface area (Å²) in [5, 5.41) is 1.55. The molecule has 3 heteroatoms. The van der Waals surface area contributed by atoms with Crippen molar-refractivity contribution in [2.75, 3.05) is 0 Å². The molecule has 0 aliphatic heterocycles. The van der Waals surface area contributed by atoms with Gasteiger partial charge in [-0.05, 0) is 0 Å². The molecule has 0 radical (unpaired) electrons. The molecular weight excluding hydrogens is 223 g/mol.